The molecule has 1 saturated carbocycles. The van der Waals surface area contributed by atoms with Crippen LogP contribution in [0.2, 0.25) is 0 Å². The normalized spacial score (nSPS) is 25.2. The van der Waals surface area contributed by atoms with Crippen molar-refractivity contribution in [1.29, 1.82) is 0 Å². The minimum Gasteiger partial charge on any atom is -0.365 e. The molecule has 2 aliphatic rings. The van der Waals surface area contributed by atoms with Crippen molar-refractivity contribution >= 4 is 17.4 Å². The summed E-state index contributed by atoms with van der Waals surface area (Å²) in [6.45, 7) is 4.64. The van der Waals surface area contributed by atoms with Gasteiger partial charge in [-0.3, -0.25) is 0 Å². The molecule has 1 atom stereocenters. The summed E-state index contributed by atoms with van der Waals surface area (Å²) in [5.74, 6) is 0. The Kier molecular flexibility index (Phi) is 4.80. The first kappa shape index (κ1) is 15.2. The molecular formula is C18H28N2S. The van der Waals surface area contributed by atoms with Crippen molar-refractivity contribution in [2.24, 2.45) is 0 Å². The van der Waals surface area contributed by atoms with Crippen LogP contribution in [0.3, 0.4) is 0 Å². The molecular weight excluding hydrogens is 276 g/mol. The van der Waals surface area contributed by atoms with Gasteiger partial charge in [0.05, 0.1) is 5.69 Å². The number of nitrogens with zero attached hydrogens (tertiary/aromatic N) is 1. The molecule has 1 spiro atoms. The first-order chi connectivity index (χ1) is 10.3. The number of anilines is 1. The van der Waals surface area contributed by atoms with Crippen LogP contribution in [0, 0.1) is 0 Å². The zero-order valence-corrected chi connectivity index (χ0v) is 14.2. The highest BCUT2D eigenvalue weighted by atomic mass is 32.2. The van der Waals surface area contributed by atoms with Crippen molar-refractivity contribution in [3.8, 4) is 0 Å². The molecule has 1 unspecified atom stereocenters. The van der Waals surface area contributed by atoms with E-state index in [0.29, 0.717) is 11.6 Å². The van der Waals surface area contributed by atoms with E-state index in [0.717, 1.165) is 6.54 Å². The van der Waals surface area contributed by atoms with Gasteiger partial charge in [0, 0.05) is 29.6 Å². The maximum Gasteiger partial charge on any atom is 0.0507 e. The third kappa shape index (κ3) is 3.09. The van der Waals surface area contributed by atoms with Crippen LogP contribution in [0.25, 0.3) is 0 Å². The minimum absolute atomic E-state index is 0.370. The fourth-order valence-electron chi connectivity index (χ4n) is 4.03. The van der Waals surface area contributed by atoms with Crippen molar-refractivity contribution in [3.63, 3.8) is 0 Å². The molecule has 1 aromatic rings. The maximum atomic E-state index is 3.92. The Labute approximate surface area is 133 Å². The Morgan fingerprint density at radius 3 is 2.71 bits per heavy atom. The lowest BCUT2D eigenvalue weighted by Crippen LogP contribution is -2.65. The lowest BCUT2D eigenvalue weighted by atomic mass is 9.79. The minimum atomic E-state index is 0.370. The topological polar surface area (TPSA) is 15.3 Å². The smallest absolute Gasteiger partial charge is 0.0507 e. The molecule has 1 aliphatic carbocycles. The molecule has 0 aromatic heterocycles. The van der Waals surface area contributed by atoms with E-state index >= 15 is 0 Å². The number of benzene rings is 1. The first-order valence-electron chi connectivity index (χ1n) is 8.43. The summed E-state index contributed by atoms with van der Waals surface area (Å²) >= 11 is 1.87. The standard InChI is InChI=1S/C18H28N2S/c1-3-15-13-19-18(11-7-4-8-12-18)14-20(15)16-9-5-6-10-17(16)21-2/h5-6,9-10,15,19H,3-4,7-8,11-14H2,1-2H3. The average molecular weight is 305 g/mol. The molecule has 21 heavy (non-hydrogen) atoms. The SMILES string of the molecule is CCC1CNC2(CCCCC2)CN1c1ccccc1SC. The largest absolute Gasteiger partial charge is 0.365 e. The van der Waals surface area contributed by atoms with E-state index in [4.69, 9.17) is 0 Å². The van der Waals surface area contributed by atoms with Gasteiger partial charge in [-0.25, -0.2) is 0 Å². The van der Waals surface area contributed by atoms with E-state index in [1.807, 2.05) is 11.8 Å². The summed E-state index contributed by atoms with van der Waals surface area (Å²) in [5.41, 5.74) is 1.82. The molecule has 116 valence electrons. The van der Waals surface area contributed by atoms with E-state index in [1.54, 1.807) is 0 Å². The third-order valence-electron chi connectivity index (χ3n) is 5.30. The van der Waals surface area contributed by atoms with E-state index in [1.165, 1.54) is 55.7 Å². The lowest BCUT2D eigenvalue weighted by Gasteiger charge is -2.51. The molecule has 0 bridgehead atoms. The van der Waals surface area contributed by atoms with Gasteiger partial charge in [-0.15, -0.1) is 11.8 Å². The van der Waals surface area contributed by atoms with Crippen molar-refractivity contribution < 1.29 is 0 Å². The van der Waals surface area contributed by atoms with Gasteiger partial charge in [0.15, 0.2) is 0 Å². The molecule has 1 aliphatic heterocycles. The second kappa shape index (κ2) is 6.62. The third-order valence-corrected chi connectivity index (χ3v) is 6.09. The highest BCUT2D eigenvalue weighted by Crippen LogP contribution is 2.37. The number of thioether (sulfide) groups is 1. The first-order valence-corrected chi connectivity index (χ1v) is 9.65. The van der Waals surface area contributed by atoms with Crippen LogP contribution in [0.15, 0.2) is 29.2 Å². The maximum absolute atomic E-state index is 3.92. The van der Waals surface area contributed by atoms with Crippen LogP contribution in [0.5, 0.6) is 0 Å². The summed E-state index contributed by atoms with van der Waals surface area (Å²) < 4.78 is 0. The highest BCUT2D eigenvalue weighted by Gasteiger charge is 2.39. The Balaban J connectivity index is 1.88. The molecule has 2 fully saturated rings. The van der Waals surface area contributed by atoms with Gasteiger partial charge in [0.1, 0.15) is 0 Å². The van der Waals surface area contributed by atoms with E-state index < -0.39 is 0 Å². The molecule has 3 rings (SSSR count). The van der Waals surface area contributed by atoms with Gasteiger partial charge in [-0.1, -0.05) is 38.3 Å². The lowest BCUT2D eigenvalue weighted by molar-refractivity contribution is 0.195. The molecule has 0 radical (unpaired) electrons. The molecule has 1 heterocycles. The van der Waals surface area contributed by atoms with Crippen LogP contribution in [-0.2, 0) is 0 Å². The Bertz CT molecular complexity index is 468. The summed E-state index contributed by atoms with van der Waals surface area (Å²) in [5, 5.41) is 3.92. The summed E-state index contributed by atoms with van der Waals surface area (Å²) in [4.78, 5) is 4.12. The summed E-state index contributed by atoms with van der Waals surface area (Å²) in [6.07, 6.45) is 10.3. The van der Waals surface area contributed by atoms with Crippen LogP contribution in [-0.4, -0.2) is 30.9 Å². The van der Waals surface area contributed by atoms with Crippen LogP contribution >= 0.6 is 11.8 Å². The summed E-state index contributed by atoms with van der Waals surface area (Å²) in [7, 11) is 0. The van der Waals surface area contributed by atoms with Crippen molar-refractivity contribution in [1.82, 2.24) is 5.32 Å². The second-order valence-electron chi connectivity index (χ2n) is 6.58. The van der Waals surface area contributed by atoms with Gasteiger partial charge in [-0.2, -0.15) is 0 Å². The van der Waals surface area contributed by atoms with E-state index in [9.17, 15) is 0 Å². The number of hydrogen-bond donors (Lipinski definition) is 1. The molecule has 3 heteroatoms. The molecule has 0 amide bonds. The van der Waals surface area contributed by atoms with Crippen molar-refractivity contribution in [2.75, 3.05) is 24.2 Å². The fraction of sp³-hybridized carbons (Fsp3) is 0.667. The van der Waals surface area contributed by atoms with Crippen molar-refractivity contribution in [3.05, 3.63) is 24.3 Å². The summed E-state index contributed by atoms with van der Waals surface area (Å²) in [6, 6.07) is 9.57. The van der Waals surface area contributed by atoms with Gasteiger partial charge in [0.25, 0.3) is 0 Å². The van der Waals surface area contributed by atoms with Crippen LogP contribution in [0.4, 0.5) is 5.69 Å². The van der Waals surface area contributed by atoms with Gasteiger partial charge in [0.2, 0.25) is 0 Å². The Morgan fingerprint density at radius 2 is 2.00 bits per heavy atom. The number of rotatable bonds is 3. The van der Waals surface area contributed by atoms with Crippen LogP contribution in [0.1, 0.15) is 45.4 Å². The number of para-hydroxylation sites is 1. The van der Waals surface area contributed by atoms with E-state index in [2.05, 4.69) is 47.7 Å². The Hall–Kier alpha value is -0.670. The number of hydrogen-bond acceptors (Lipinski definition) is 3. The van der Waals surface area contributed by atoms with Gasteiger partial charge >= 0.3 is 0 Å². The van der Waals surface area contributed by atoms with Crippen LogP contribution < -0.4 is 10.2 Å². The predicted octanol–water partition coefficient (Wildman–Crippen LogP) is 4.30. The molecule has 1 aromatic carbocycles. The highest BCUT2D eigenvalue weighted by molar-refractivity contribution is 7.98. The fourth-order valence-corrected chi connectivity index (χ4v) is 4.64. The molecule has 1 saturated heterocycles. The number of nitrogens with one attached hydrogen (secondary N) is 1. The molecule has 2 nitrogen and oxygen atoms in total. The second-order valence-corrected chi connectivity index (χ2v) is 7.43. The average Bonchev–Trinajstić information content (AvgIpc) is 2.55. The quantitative estimate of drug-likeness (QED) is 0.838. The predicted molar refractivity (Wildman–Crippen MR) is 93.5 cm³/mol. The monoisotopic (exact) mass is 304 g/mol. The van der Waals surface area contributed by atoms with Crippen molar-refractivity contribution in [2.45, 2.75) is 61.9 Å². The van der Waals surface area contributed by atoms with Gasteiger partial charge in [-0.05, 0) is 37.7 Å². The Morgan fingerprint density at radius 1 is 1.24 bits per heavy atom. The zero-order valence-electron chi connectivity index (χ0n) is 13.4. The number of piperazine rings is 1. The van der Waals surface area contributed by atoms with E-state index in [-0.39, 0.29) is 0 Å². The zero-order chi connectivity index (χ0) is 14.7. The van der Waals surface area contributed by atoms with Gasteiger partial charge < -0.3 is 10.2 Å². The molecule has 1 N–H and O–H groups in total.